The van der Waals surface area contributed by atoms with Gasteiger partial charge in [-0.15, -0.1) is 0 Å². The van der Waals surface area contributed by atoms with Crippen molar-refractivity contribution < 1.29 is 4.39 Å². The van der Waals surface area contributed by atoms with Crippen molar-refractivity contribution >= 4 is 5.69 Å². The molecule has 1 aliphatic heterocycles. The van der Waals surface area contributed by atoms with E-state index < -0.39 is 0 Å². The molecule has 0 aliphatic carbocycles. The van der Waals surface area contributed by atoms with Gasteiger partial charge in [-0.05, 0) is 55.0 Å². The average Bonchev–Trinajstić information content (AvgIpc) is 2.41. The molecule has 2 atom stereocenters. The molecule has 19 heavy (non-hydrogen) atoms. The molecule has 2 aromatic rings. The monoisotopic (exact) mass is 255 g/mol. The van der Waals surface area contributed by atoms with Gasteiger partial charge in [-0.25, -0.2) is 4.39 Å². The van der Waals surface area contributed by atoms with Crippen molar-refractivity contribution in [2.75, 3.05) is 5.32 Å². The summed E-state index contributed by atoms with van der Waals surface area (Å²) < 4.78 is 13.0. The summed E-state index contributed by atoms with van der Waals surface area (Å²) in [4.78, 5) is 0. The van der Waals surface area contributed by atoms with Crippen LogP contribution in [-0.2, 0) is 6.42 Å². The van der Waals surface area contributed by atoms with Crippen LogP contribution >= 0.6 is 0 Å². The number of rotatable bonds is 2. The minimum atomic E-state index is -0.164. The van der Waals surface area contributed by atoms with Gasteiger partial charge in [-0.2, -0.15) is 0 Å². The Morgan fingerprint density at radius 3 is 2.63 bits per heavy atom. The van der Waals surface area contributed by atoms with E-state index in [1.807, 2.05) is 12.1 Å². The molecule has 2 heteroatoms. The second-order valence-electron chi connectivity index (χ2n) is 5.40. The Bertz CT molecular complexity index is 562. The molecule has 1 N–H and O–H groups in total. The standard InChI is InChI=1S/C17H18FN/c1-12-10-14(11-13-6-8-15(18)9-7-13)16-4-2-3-5-17(16)19-12/h2-9,12,14,19H,10-11H2,1H3. The quantitative estimate of drug-likeness (QED) is 0.841. The second-order valence-corrected chi connectivity index (χ2v) is 5.40. The molecule has 0 spiro atoms. The predicted molar refractivity (Wildman–Crippen MR) is 77.0 cm³/mol. The van der Waals surface area contributed by atoms with Gasteiger partial charge in [-0.3, -0.25) is 0 Å². The summed E-state index contributed by atoms with van der Waals surface area (Å²) in [5.41, 5.74) is 3.83. The normalized spacial score (nSPS) is 21.6. The van der Waals surface area contributed by atoms with Gasteiger partial charge in [0.1, 0.15) is 5.82 Å². The minimum Gasteiger partial charge on any atom is -0.382 e. The maximum Gasteiger partial charge on any atom is 0.123 e. The highest BCUT2D eigenvalue weighted by molar-refractivity contribution is 5.55. The first-order chi connectivity index (χ1) is 9.22. The van der Waals surface area contributed by atoms with E-state index in [0.29, 0.717) is 12.0 Å². The van der Waals surface area contributed by atoms with Crippen LogP contribution in [0.3, 0.4) is 0 Å². The largest absolute Gasteiger partial charge is 0.382 e. The lowest BCUT2D eigenvalue weighted by atomic mass is 9.83. The van der Waals surface area contributed by atoms with Gasteiger partial charge in [0.05, 0.1) is 0 Å². The number of benzene rings is 2. The maximum absolute atomic E-state index is 13.0. The lowest BCUT2D eigenvalue weighted by Crippen LogP contribution is -2.26. The molecule has 1 nitrogen and oxygen atoms in total. The molecule has 98 valence electrons. The summed E-state index contributed by atoms with van der Waals surface area (Å²) in [5.74, 6) is 0.348. The van der Waals surface area contributed by atoms with Crippen LogP contribution in [0.2, 0.25) is 0 Å². The van der Waals surface area contributed by atoms with E-state index in [0.717, 1.165) is 12.8 Å². The summed E-state index contributed by atoms with van der Waals surface area (Å²) in [6, 6.07) is 15.9. The number of halogens is 1. The first kappa shape index (κ1) is 12.2. The Kier molecular flexibility index (Phi) is 3.24. The van der Waals surface area contributed by atoms with Gasteiger partial charge < -0.3 is 5.32 Å². The third-order valence-electron chi connectivity index (χ3n) is 3.84. The lowest BCUT2D eigenvalue weighted by molar-refractivity contribution is 0.550. The van der Waals surface area contributed by atoms with E-state index in [4.69, 9.17) is 0 Å². The van der Waals surface area contributed by atoms with Crippen molar-refractivity contribution in [2.45, 2.75) is 31.7 Å². The van der Waals surface area contributed by atoms with Crippen molar-refractivity contribution in [1.82, 2.24) is 0 Å². The third kappa shape index (κ3) is 2.62. The molecule has 0 radical (unpaired) electrons. The van der Waals surface area contributed by atoms with Crippen LogP contribution in [-0.4, -0.2) is 6.04 Å². The number of nitrogens with one attached hydrogen (secondary N) is 1. The summed E-state index contributed by atoms with van der Waals surface area (Å²) in [6.45, 7) is 2.22. The van der Waals surface area contributed by atoms with Gasteiger partial charge >= 0.3 is 0 Å². The number of hydrogen-bond acceptors (Lipinski definition) is 1. The predicted octanol–water partition coefficient (Wildman–Crippen LogP) is 4.36. The molecule has 1 aliphatic rings. The second kappa shape index (κ2) is 5.04. The molecule has 3 rings (SSSR count). The average molecular weight is 255 g/mol. The highest BCUT2D eigenvalue weighted by atomic mass is 19.1. The van der Waals surface area contributed by atoms with Crippen molar-refractivity contribution in [1.29, 1.82) is 0 Å². The molecule has 0 bridgehead atoms. The smallest absolute Gasteiger partial charge is 0.123 e. The summed E-state index contributed by atoms with van der Waals surface area (Å²) >= 11 is 0. The summed E-state index contributed by atoms with van der Waals surface area (Å²) in [7, 11) is 0. The molecule has 0 saturated heterocycles. The van der Waals surface area contributed by atoms with Gasteiger partial charge in [0, 0.05) is 11.7 Å². The fourth-order valence-electron chi connectivity index (χ4n) is 2.96. The molecule has 2 unspecified atom stereocenters. The number of hydrogen-bond donors (Lipinski definition) is 1. The highest BCUT2D eigenvalue weighted by Crippen LogP contribution is 2.36. The van der Waals surface area contributed by atoms with Gasteiger partial charge in [0.25, 0.3) is 0 Å². The molecule has 0 saturated carbocycles. The van der Waals surface area contributed by atoms with E-state index in [1.54, 1.807) is 12.1 Å². The Labute approximate surface area is 113 Å². The van der Waals surface area contributed by atoms with Crippen LogP contribution < -0.4 is 5.32 Å². The molecule has 0 fully saturated rings. The molecule has 2 aromatic carbocycles. The van der Waals surface area contributed by atoms with Crippen LogP contribution in [0.4, 0.5) is 10.1 Å². The Hall–Kier alpha value is -1.83. The summed E-state index contributed by atoms with van der Waals surface area (Å²) in [6.07, 6.45) is 2.09. The van der Waals surface area contributed by atoms with E-state index in [9.17, 15) is 4.39 Å². The van der Waals surface area contributed by atoms with Gasteiger partial charge in [-0.1, -0.05) is 30.3 Å². The van der Waals surface area contributed by atoms with Crippen molar-refractivity contribution in [3.8, 4) is 0 Å². The lowest BCUT2D eigenvalue weighted by Gasteiger charge is -2.31. The fraction of sp³-hybridized carbons (Fsp3) is 0.294. The first-order valence-electron chi connectivity index (χ1n) is 6.82. The van der Waals surface area contributed by atoms with Crippen molar-refractivity contribution in [3.63, 3.8) is 0 Å². The molecule has 0 aromatic heterocycles. The van der Waals surface area contributed by atoms with Crippen LogP contribution in [0, 0.1) is 5.82 Å². The van der Waals surface area contributed by atoms with E-state index in [-0.39, 0.29) is 5.82 Å². The zero-order valence-electron chi connectivity index (χ0n) is 11.1. The zero-order valence-corrected chi connectivity index (χ0v) is 11.1. The Balaban J connectivity index is 1.86. The van der Waals surface area contributed by atoms with E-state index >= 15 is 0 Å². The number of para-hydroxylation sites is 1. The van der Waals surface area contributed by atoms with Crippen LogP contribution in [0.15, 0.2) is 48.5 Å². The third-order valence-corrected chi connectivity index (χ3v) is 3.84. The molecule has 0 amide bonds. The van der Waals surface area contributed by atoms with Crippen molar-refractivity contribution in [3.05, 3.63) is 65.5 Å². The van der Waals surface area contributed by atoms with E-state index in [1.165, 1.54) is 16.8 Å². The SMILES string of the molecule is CC1CC(Cc2ccc(F)cc2)c2ccccc2N1. The topological polar surface area (TPSA) is 12.0 Å². The molecular formula is C17H18FN. The Morgan fingerprint density at radius 2 is 1.84 bits per heavy atom. The molecule has 1 heterocycles. The zero-order chi connectivity index (χ0) is 13.2. The van der Waals surface area contributed by atoms with Crippen LogP contribution in [0.5, 0.6) is 0 Å². The minimum absolute atomic E-state index is 0.164. The molecular weight excluding hydrogens is 237 g/mol. The van der Waals surface area contributed by atoms with Gasteiger partial charge in [0.2, 0.25) is 0 Å². The van der Waals surface area contributed by atoms with Crippen LogP contribution in [0.25, 0.3) is 0 Å². The number of fused-ring (bicyclic) bond motifs is 1. The van der Waals surface area contributed by atoms with Crippen molar-refractivity contribution in [2.24, 2.45) is 0 Å². The Morgan fingerprint density at radius 1 is 1.11 bits per heavy atom. The van der Waals surface area contributed by atoms with Gasteiger partial charge in [0.15, 0.2) is 0 Å². The summed E-state index contributed by atoms with van der Waals surface area (Å²) in [5, 5.41) is 3.52. The fourth-order valence-corrected chi connectivity index (χ4v) is 2.96. The highest BCUT2D eigenvalue weighted by Gasteiger charge is 2.23. The first-order valence-corrected chi connectivity index (χ1v) is 6.82. The number of anilines is 1. The van der Waals surface area contributed by atoms with E-state index in [2.05, 4.69) is 36.5 Å². The maximum atomic E-state index is 13.0. The van der Waals surface area contributed by atoms with Crippen LogP contribution in [0.1, 0.15) is 30.4 Å².